The van der Waals surface area contributed by atoms with E-state index in [1.54, 1.807) is 18.2 Å². The Morgan fingerprint density at radius 1 is 1.22 bits per heavy atom. The van der Waals surface area contributed by atoms with Gasteiger partial charge in [0.25, 0.3) is 5.91 Å². The van der Waals surface area contributed by atoms with E-state index < -0.39 is 18.0 Å². The Labute approximate surface area is 147 Å². The zero-order valence-electron chi connectivity index (χ0n) is 11.8. The molecule has 0 spiro atoms. The van der Waals surface area contributed by atoms with Crippen molar-refractivity contribution in [2.24, 2.45) is 0 Å². The maximum Gasteiger partial charge on any atom is 0.342 e. The van der Waals surface area contributed by atoms with Gasteiger partial charge in [0.2, 0.25) is 0 Å². The molecule has 23 heavy (non-hydrogen) atoms. The molecule has 120 valence electrons. The quantitative estimate of drug-likeness (QED) is 0.643. The average molecular weight is 374 g/mol. The van der Waals surface area contributed by atoms with E-state index in [0.29, 0.717) is 10.7 Å². The van der Waals surface area contributed by atoms with Gasteiger partial charge >= 0.3 is 5.97 Å². The number of nitrogens with one attached hydrogen (secondary N) is 1. The first-order valence-electron chi connectivity index (χ1n) is 6.46. The van der Waals surface area contributed by atoms with Gasteiger partial charge in [-0.05, 0) is 37.3 Å². The molecule has 0 aliphatic rings. The third-order valence-corrected chi connectivity index (χ3v) is 3.67. The van der Waals surface area contributed by atoms with Gasteiger partial charge in [-0.15, -0.1) is 0 Å². The molecule has 0 aliphatic carbocycles. The van der Waals surface area contributed by atoms with Crippen molar-refractivity contribution >= 4 is 52.4 Å². The topological polar surface area (TPSA) is 68.3 Å². The summed E-state index contributed by atoms with van der Waals surface area (Å²) < 4.78 is 5.07. The van der Waals surface area contributed by atoms with Crippen molar-refractivity contribution in [2.75, 3.05) is 5.32 Å². The van der Waals surface area contributed by atoms with Crippen LogP contribution in [0.1, 0.15) is 17.3 Å². The Hall–Kier alpha value is -1.82. The van der Waals surface area contributed by atoms with Crippen LogP contribution < -0.4 is 5.32 Å². The number of ether oxygens (including phenoxy) is 1. The summed E-state index contributed by atoms with van der Waals surface area (Å²) in [7, 11) is 0. The van der Waals surface area contributed by atoms with Crippen LogP contribution >= 0.6 is 34.8 Å². The highest BCUT2D eigenvalue weighted by atomic mass is 35.5. The smallest absolute Gasteiger partial charge is 0.342 e. The molecule has 0 aliphatic heterocycles. The van der Waals surface area contributed by atoms with Crippen LogP contribution in [0.25, 0.3) is 0 Å². The van der Waals surface area contributed by atoms with Gasteiger partial charge in [0.15, 0.2) is 6.10 Å². The number of carbonyl (C=O) groups excluding carboxylic acids is 2. The minimum Gasteiger partial charge on any atom is -0.449 e. The zero-order chi connectivity index (χ0) is 17.0. The summed E-state index contributed by atoms with van der Waals surface area (Å²) in [5.74, 6) is -1.28. The lowest BCUT2D eigenvalue weighted by atomic mass is 10.2. The fourth-order valence-electron chi connectivity index (χ4n) is 1.64. The van der Waals surface area contributed by atoms with E-state index in [9.17, 15) is 9.59 Å². The predicted molar refractivity (Wildman–Crippen MR) is 89.2 cm³/mol. The van der Waals surface area contributed by atoms with Gasteiger partial charge in [0.1, 0.15) is 5.15 Å². The van der Waals surface area contributed by atoms with Crippen LogP contribution in [0.4, 0.5) is 5.69 Å². The van der Waals surface area contributed by atoms with Crippen LogP contribution in [0.5, 0.6) is 0 Å². The number of amides is 1. The fraction of sp³-hybridized carbons (Fsp3) is 0.133. The molecule has 2 aromatic rings. The Bertz CT molecular complexity index is 752. The predicted octanol–water partition coefficient (Wildman–Crippen LogP) is 4.23. The van der Waals surface area contributed by atoms with Crippen molar-refractivity contribution in [3.05, 3.63) is 57.3 Å². The number of esters is 1. The molecule has 0 bridgehead atoms. The molecule has 0 fully saturated rings. The lowest BCUT2D eigenvalue weighted by molar-refractivity contribution is -0.123. The third-order valence-electron chi connectivity index (χ3n) is 2.82. The third kappa shape index (κ3) is 4.58. The molecule has 1 aromatic heterocycles. The van der Waals surface area contributed by atoms with Crippen molar-refractivity contribution in [1.82, 2.24) is 4.98 Å². The molecule has 1 aromatic carbocycles. The summed E-state index contributed by atoms with van der Waals surface area (Å²) in [5, 5.41) is 3.28. The lowest BCUT2D eigenvalue weighted by Gasteiger charge is -2.14. The largest absolute Gasteiger partial charge is 0.449 e. The van der Waals surface area contributed by atoms with Gasteiger partial charge in [0, 0.05) is 11.2 Å². The van der Waals surface area contributed by atoms with Crippen LogP contribution in [0.15, 0.2) is 36.5 Å². The lowest BCUT2D eigenvalue weighted by Crippen LogP contribution is -2.30. The first kappa shape index (κ1) is 17.5. The highest BCUT2D eigenvalue weighted by Gasteiger charge is 2.21. The maximum absolute atomic E-state index is 12.1. The number of anilines is 1. The van der Waals surface area contributed by atoms with Crippen molar-refractivity contribution < 1.29 is 14.3 Å². The number of hydrogen-bond donors (Lipinski definition) is 1. The second kappa shape index (κ2) is 7.64. The van der Waals surface area contributed by atoms with E-state index in [-0.39, 0.29) is 15.7 Å². The van der Waals surface area contributed by atoms with Crippen LogP contribution in [-0.4, -0.2) is 23.0 Å². The summed E-state index contributed by atoms with van der Waals surface area (Å²) in [6.45, 7) is 1.43. The van der Waals surface area contributed by atoms with Crippen molar-refractivity contribution in [3.8, 4) is 0 Å². The number of carbonyl (C=O) groups is 2. The minimum atomic E-state index is -1.05. The van der Waals surface area contributed by atoms with Crippen LogP contribution in [0.2, 0.25) is 15.2 Å². The van der Waals surface area contributed by atoms with Crippen LogP contribution in [0, 0.1) is 0 Å². The van der Waals surface area contributed by atoms with E-state index in [2.05, 4.69) is 10.3 Å². The number of pyridine rings is 1. The van der Waals surface area contributed by atoms with Crippen molar-refractivity contribution in [3.63, 3.8) is 0 Å². The molecule has 0 saturated carbocycles. The summed E-state index contributed by atoms with van der Waals surface area (Å²) in [4.78, 5) is 27.8. The van der Waals surface area contributed by atoms with Gasteiger partial charge in [-0.25, -0.2) is 9.78 Å². The Morgan fingerprint density at radius 2 is 1.96 bits per heavy atom. The number of benzene rings is 1. The van der Waals surface area contributed by atoms with Gasteiger partial charge in [-0.3, -0.25) is 4.79 Å². The number of hydrogen-bond acceptors (Lipinski definition) is 4. The second-order valence-electron chi connectivity index (χ2n) is 4.50. The Balaban J connectivity index is 2.03. The van der Waals surface area contributed by atoms with Gasteiger partial charge in [-0.1, -0.05) is 34.8 Å². The molecule has 8 heteroatoms. The number of rotatable bonds is 4. The summed E-state index contributed by atoms with van der Waals surface area (Å²) in [6, 6.07) is 7.62. The SMILES string of the molecule is C[C@H](OC(=O)c1cccnc1Cl)C(=O)Nc1ccc(Cl)cc1Cl. The molecule has 5 nitrogen and oxygen atoms in total. The Morgan fingerprint density at radius 3 is 2.61 bits per heavy atom. The van der Waals surface area contributed by atoms with Crippen LogP contribution in [0.3, 0.4) is 0 Å². The highest BCUT2D eigenvalue weighted by Crippen LogP contribution is 2.25. The van der Waals surface area contributed by atoms with E-state index in [4.69, 9.17) is 39.5 Å². The van der Waals surface area contributed by atoms with Crippen LogP contribution in [-0.2, 0) is 9.53 Å². The molecule has 1 amide bonds. The molecule has 0 saturated heterocycles. The number of halogens is 3. The first-order chi connectivity index (χ1) is 10.9. The minimum absolute atomic E-state index is 0.00542. The van der Waals surface area contributed by atoms with E-state index >= 15 is 0 Å². The van der Waals surface area contributed by atoms with Crippen molar-refractivity contribution in [1.29, 1.82) is 0 Å². The number of nitrogens with zero attached hydrogens (tertiary/aromatic N) is 1. The molecular formula is C15H11Cl3N2O3. The summed E-state index contributed by atoms with van der Waals surface area (Å²) >= 11 is 17.6. The van der Waals surface area contributed by atoms with Gasteiger partial charge in [-0.2, -0.15) is 0 Å². The normalized spacial score (nSPS) is 11.7. The highest BCUT2D eigenvalue weighted by molar-refractivity contribution is 6.36. The van der Waals surface area contributed by atoms with E-state index in [1.165, 1.54) is 25.3 Å². The standard InChI is InChI=1S/C15H11Cl3N2O3/c1-8(23-15(22)10-3-2-6-19-13(10)18)14(21)20-12-5-4-9(16)7-11(12)17/h2-8H,1H3,(H,20,21)/t8-/m0/s1. The molecule has 1 N–H and O–H groups in total. The fourth-order valence-corrected chi connectivity index (χ4v) is 2.29. The summed E-state index contributed by atoms with van der Waals surface area (Å²) in [5.41, 5.74) is 0.446. The maximum atomic E-state index is 12.1. The molecule has 1 heterocycles. The second-order valence-corrected chi connectivity index (χ2v) is 5.70. The van der Waals surface area contributed by atoms with E-state index in [1.807, 2.05) is 0 Å². The molecule has 1 atom stereocenters. The van der Waals surface area contributed by atoms with E-state index in [0.717, 1.165) is 0 Å². The molecular weight excluding hydrogens is 363 g/mol. The average Bonchev–Trinajstić information content (AvgIpc) is 2.50. The van der Waals surface area contributed by atoms with Gasteiger partial charge < -0.3 is 10.1 Å². The number of aromatic nitrogens is 1. The summed E-state index contributed by atoms with van der Waals surface area (Å²) in [6.07, 6.45) is 0.392. The van der Waals surface area contributed by atoms with Gasteiger partial charge in [0.05, 0.1) is 16.3 Å². The molecule has 0 radical (unpaired) electrons. The molecule has 2 rings (SSSR count). The first-order valence-corrected chi connectivity index (χ1v) is 7.59. The monoisotopic (exact) mass is 372 g/mol. The molecule has 0 unspecified atom stereocenters. The van der Waals surface area contributed by atoms with Crippen molar-refractivity contribution in [2.45, 2.75) is 13.0 Å². The Kier molecular flexibility index (Phi) is 5.82. The zero-order valence-corrected chi connectivity index (χ0v) is 14.1.